The van der Waals surface area contributed by atoms with Crippen LogP contribution in [-0.2, 0) is 4.79 Å². The highest BCUT2D eigenvalue weighted by Crippen LogP contribution is 2.29. The topological polar surface area (TPSA) is 32.3 Å². The van der Waals surface area contributed by atoms with Gasteiger partial charge in [-0.1, -0.05) is 23.7 Å². The van der Waals surface area contributed by atoms with Crippen LogP contribution >= 0.6 is 11.6 Å². The van der Waals surface area contributed by atoms with Crippen molar-refractivity contribution in [3.8, 4) is 0 Å². The van der Waals surface area contributed by atoms with Gasteiger partial charge in [-0.05, 0) is 56.0 Å². The molecule has 1 aromatic carbocycles. The molecule has 2 heterocycles. The van der Waals surface area contributed by atoms with Gasteiger partial charge in [-0.2, -0.15) is 0 Å². The molecule has 21 heavy (non-hydrogen) atoms. The number of hydrogen-bond donors (Lipinski definition) is 1. The van der Waals surface area contributed by atoms with Crippen LogP contribution < -0.4 is 5.32 Å². The molecule has 1 aromatic rings. The van der Waals surface area contributed by atoms with E-state index in [2.05, 4.69) is 22.3 Å². The van der Waals surface area contributed by atoms with Crippen molar-refractivity contribution in [2.75, 3.05) is 26.2 Å². The molecule has 1 N–H and O–H groups in total. The van der Waals surface area contributed by atoms with E-state index in [0.717, 1.165) is 56.9 Å². The monoisotopic (exact) mass is 306 g/mol. The van der Waals surface area contributed by atoms with Gasteiger partial charge in [0.1, 0.15) is 0 Å². The van der Waals surface area contributed by atoms with E-state index in [1.165, 1.54) is 5.56 Å². The highest BCUT2D eigenvalue weighted by Gasteiger charge is 2.28. The second-order valence-electron chi connectivity index (χ2n) is 6.27. The van der Waals surface area contributed by atoms with Crippen LogP contribution in [0.3, 0.4) is 0 Å². The zero-order valence-corrected chi connectivity index (χ0v) is 13.1. The van der Waals surface area contributed by atoms with Gasteiger partial charge in [-0.25, -0.2) is 0 Å². The van der Waals surface area contributed by atoms with Crippen LogP contribution in [0.2, 0.25) is 5.02 Å². The third kappa shape index (κ3) is 3.78. The van der Waals surface area contributed by atoms with Crippen LogP contribution in [0, 0.1) is 5.92 Å². The number of nitrogens with zero attached hydrogens (tertiary/aromatic N) is 1. The fraction of sp³-hybridized carbons (Fsp3) is 0.588. The summed E-state index contributed by atoms with van der Waals surface area (Å²) >= 11 is 5.94. The second-order valence-corrected chi connectivity index (χ2v) is 6.71. The van der Waals surface area contributed by atoms with Crippen molar-refractivity contribution in [3.63, 3.8) is 0 Å². The van der Waals surface area contributed by atoms with Gasteiger partial charge >= 0.3 is 0 Å². The Morgan fingerprint density at radius 2 is 1.90 bits per heavy atom. The number of hydrogen-bond acceptors (Lipinski definition) is 2. The second kappa shape index (κ2) is 6.80. The predicted octanol–water partition coefficient (Wildman–Crippen LogP) is 3.05. The first kappa shape index (κ1) is 14.9. The first-order valence-electron chi connectivity index (χ1n) is 7.96. The number of carbonyl (C=O) groups excluding carboxylic acids is 1. The van der Waals surface area contributed by atoms with E-state index >= 15 is 0 Å². The highest BCUT2D eigenvalue weighted by atomic mass is 35.5. The number of carbonyl (C=O) groups is 1. The fourth-order valence-corrected chi connectivity index (χ4v) is 3.58. The summed E-state index contributed by atoms with van der Waals surface area (Å²) < 4.78 is 0. The van der Waals surface area contributed by atoms with E-state index in [0.29, 0.717) is 17.7 Å². The molecular weight excluding hydrogens is 284 g/mol. The molecule has 2 aliphatic rings. The predicted molar refractivity (Wildman–Crippen MR) is 85.6 cm³/mol. The van der Waals surface area contributed by atoms with Gasteiger partial charge in [0.25, 0.3) is 0 Å². The molecule has 3 rings (SSSR count). The van der Waals surface area contributed by atoms with Crippen LogP contribution in [0.5, 0.6) is 0 Å². The standard InChI is InChI=1S/C17H23ClN2O/c18-16-3-1-14(2-4-16)15-7-10-20(12-15)17(21)11-13-5-8-19-9-6-13/h1-4,13,15,19H,5-12H2/t15-/m1/s1. The maximum absolute atomic E-state index is 12.4. The van der Waals surface area contributed by atoms with Gasteiger partial charge in [-0.15, -0.1) is 0 Å². The molecule has 4 heteroatoms. The normalized spacial score (nSPS) is 23.5. The number of amides is 1. The lowest BCUT2D eigenvalue weighted by molar-refractivity contribution is -0.131. The Balaban J connectivity index is 1.53. The van der Waals surface area contributed by atoms with Crippen LogP contribution in [-0.4, -0.2) is 37.0 Å². The van der Waals surface area contributed by atoms with Gasteiger partial charge in [0, 0.05) is 30.5 Å². The van der Waals surface area contributed by atoms with Crippen LogP contribution in [0.25, 0.3) is 0 Å². The Morgan fingerprint density at radius 3 is 2.62 bits per heavy atom. The summed E-state index contributed by atoms with van der Waals surface area (Å²) in [6.45, 7) is 3.89. The Kier molecular flexibility index (Phi) is 4.81. The fourth-order valence-electron chi connectivity index (χ4n) is 3.46. The maximum Gasteiger partial charge on any atom is 0.222 e. The van der Waals surface area contributed by atoms with Crippen molar-refractivity contribution in [1.82, 2.24) is 10.2 Å². The lowest BCUT2D eigenvalue weighted by Gasteiger charge is -2.24. The number of halogens is 1. The van der Waals surface area contributed by atoms with Crippen LogP contribution in [0.1, 0.15) is 37.2 Å². The molecule has 0 saturated carbocycles. The average Bonchev–Trinajstić information content (AvgIpc) is 2.99. The van der Waals surface area contributed by atoms with Gasteiger partial charge in [0.05, 0.1) is 0 Å². The Morgan fingerprint density at radius 1 is 1.19 bits per heavy atom. The summed E-state index contributed by atoms with van der Waals surface area (Å²) in [6.07, 6.45) is 4.08. The molecule has 0 radical (unpaired) electrons. The summed E-state index contributed by atoms with van der Waals surface area (Å²) in [4.78, 5) is 14.5. The Hall–Kier alpha value is -1.06. The first-order valence-corrected chi connectivity index (χ1v) is 8.34. The molecule has 3 nitrogen and oxygen atoms in total. The van der Waals surface area contributed by atoms with Gasteiger partial charge in [-0.3, -0.25) is 4.79 Å². The zero-order valence-electron chi connectivity index (χ0n) is 12.4. The van der Waals surface area contributed by atoms with Gasteiger partial charge in [0.15, 0.2) is 0 Å². The zero-order chi connectivity index (χ0) is 14.7. The summed E-state index contributed by atoms with van der Waals surface area (Å²) in [5.41, 5.74) is 1.30. The molecule has 2 saturated heterocycles. The third-order valence-electron chi connectivity index (χ3n) is 4.80. The maximum atomic E-state index is 12.4. The average molecular weight is 307 g/mol. The van der Waals surface area contributed by atoms with E-state index in [4.69, 9.17) is 11.6 Å². The minimum atomic E-state index is 0.346. The van der Waals surface area contributed by atoms with E-state index in [1.54, 1.807) is 0 Å². The van der Waals surface area contributed by atoms with Crippen molar-refractivity contribution < 1.29 is 4.79 Å². The smallest absolute Gasteiger partial charge is 0.222 e. The molecule has 0 bridgehead atoms. The third-order valence-corrected chi connectivity index (χ3v) is 5.06. The molecule has 114 valence electrons. The number of benzene rings is 1. The van der Waals surface area contributed by atoms with E-state index < -0.39 is 0 Å². The van der Waals surface area contributed by atoms with Crippen molar-refractivity contribution in [1.29, 1.82) is 0 Å². The Bertz CT molecular complexity index is 482. The highest BCUT2D eigenvalue weighted by molar-refractivity contribution is 6.30. The molecule has 1 atom stereocenters. The minimum Gasteiger partial charge on any atom is -0.342 e. The molecule has 1 amide bonds. The summed E-state index contributed by atoms with van der Waals surface area (Å²) in [5, 5.41) is 4.13. The van der Waals surface area contributed by atoms with Crippen molar-refractivity contribution in [2.24, 2.45) is 5.92 Å². The van der Waals surface area contributed by atoms with Crippen molar-refractivity contribution in [2.45, 2.75) is 31.6 Å². The number of rotatable bonds is 3. The summed E-state index contributed by atoms with van der Waals surface area (Å²) in [7, 11) is 0. The molecule has 0 aromatic heterocycles. The van der Waals surface area contributed by atoms with E-state index in [-0.39, 0.29) is 0 Å². The molecule has 0 aliphatic carbocycles. The summed E-state index contributed by atoms with van der Waals surface area (Å²) in [5.74, 6) is 1.39. The molecular formula is C17H23ClN2O. The van der Waals surface area contributed by atoms with E-state index in [9.17, 15) is 4.79 Å². The molecule has 0 spiro atoms. The number of likely N-dealkylation sites (tertiary alicyclic amines) is 1. The van der Waals surface area contributed by atoms with Crippen LogP contribution in [0.4, 0.5) is 0 Å². The van der Waals surface area contributed by atoms with Crippen molar-refractivity contribution >= 4 is 17.5 Å². The minimum absolute atomic E-state index is 0.346. The number of nitrogens with one attached hydrogen (secondary N) is 1. The van der Waals surface area contributed by atoms with E-state index in [1.807, 2.05) is 12.1 Å². The van der Waals surface area contributed by atoms with Gasteiger partial charge in [0.2, 0.25) is 5.91 Å². The summed E-state index contributed by atoms with van der Waals surface area (Å²) in [6, 6.07) is 8.06. The SMILES string of the molecule is O=C(CC1CCNCC1)N1CC[C@@H](c2ccc(Cl)cc2)C1. The molecule has 0 unspecified atom stereocenters. The number of piperidine rings is 1. The quantitative estimate of drug-likeness (QED) is 0.931. The van der Waals surface area contributed by atoms with Gasteiger partial charge < -0.3 is 10.2 Å². The van der Waals surface area contributed by atoms with Crippen LogP contribution in [0.15, 0.2) is 24.3 Å². The molecule has 2 aliphatic heterocycles. The van der Waals surface area contributed by atoms with Crippen molar-refractivity contribution in [3.05, 3.63) is 34.9 Å². The largest absolute Gasteiger partial charge is 0.342 e. The molecule has 2 fully saturated rings. The first-order chi connectivity index (χ1) is 10.2. The lowest BCUT2D eigenvalue weighted by Crippen LogP contribution is -2.34. The Labute approximate surface area is 131 Å². The lowest BCUT2D eigenvalue weighted by atomic mass is 9.94.